The van der Waals surface area contributed by atoms with Crippen LogP contribution in [-0.4, -0.2) is 10.4 Å². The van der Waals surface area contributed by atoms with Gasteiger partial charge in [-0.2, -0.15) is 0 Å². The highest BCUT2D eigenvalue weighted by Crippen LogP contribution is 2.57. The smallest absolute Gasteiger partial charge is 0.173 e. The van der Waals surface area contributed by atoms with Gasteiger partial charge in [-0.3, -0.25) is 0 Å². The van der Waals surface area contributed by atoms with Gasteiger partial charge in [0.15, 0.2) is 7.14 Å². The number of hydrogen-bond acceptors (Lipinski definition) is 2. The molecule has 0 heterocycles. The van der Waals surface area contributed by atoms with E-state index in [-0.39, 0.29) is 0 Å². The molecule has 0 radical (unpaired) electrons. The van der Waals surface area contributed by atoms with E-state index in [9.17, 15) is 9.67 Å². The van der Waals surface area contributed by atoms with Gasteiger partial charge < -0.3 is 9.67 Å². The molecule has 0 aromatic heterocycles. The standard InChI is InChI=1S/C17H21O2P/c1-3-17(18,4-2)20(19,15-11-7-5-8-12-15)16-13-9-6-10-14-16/h5-14,18H,3-4H2,1-2H3. The van der Waals surface area contributed by atoms with Crippen LogP contribution in [0, 0.1) is 0 Å². The van der Waals surface area contributed by atoms with Crippen LogP contribution in [-0.2, 0) is 4.57 Å². The lowest BCUT2D eigenvalue weighted by atomic mass is 10.2. The minimum atomic E-state index is -3.09. The fourth-order valence-corrected chi connectivity index (χ4v) is 5.93. The van der Waals surface area contributed by atoms with Crippen molar-refractivity contribution in [2.75, 3.05) is 0 Å². The molecular formula is C17H21O2P. The fourth-order valence-electron chi connectivity index (χ4n) is 2.60. The first-order chi connectivity index (χ1) is 9.58. The Morgan fingerprint density at radius 3 is 1.50 bits per heavy atom. The fraction of sp³-hybridized carbons (Fsp3) is 0.294. The topological polar surface area (TPSA) is 37.3 Å². The molecule has 0 fully saturated rings. The van der Waals surface area contributed by atoms with Gasteiger partial charge in [-0.25, -0.2) is 0 Å². The van der Waals surface area contributed by atoms with Crippen LogP contribution in [0.25, 0.3) is 0 Å². The molecule has 106 valence electrons. The molecule has 2 nitrogen and oxygen atoms in total. The molecule has 0 aliphatic carbocycles. The maximum absolute atomic E-state index is 13.9. The van der Waals surface area contributed by atoms with Gasteiger partial charge in [-0.15, -0.1) is 0 Å². The van der Waals surface area contributed by atoms with Gasteiger partial charge in [0.05, 0.1) is 0 Å². The molecule has 0 aliphatic rings. The Kier molecular flexibility index (Phi) is 4.47. The van der Waals surface area contributed by atoms with Gasteiger partial charge in [0, 0.05) is 10.6 Å². The van der Waals surface area contributed by atoms with E-state index in [1.54, 1.807) is 0 Å². The zero-order valence-corrected chi connectivity index (χ0v) is 12.9. The Bertz CT molecular complexity index is 545. The van der Waals surface area contributed by atoms with Crippen LogP contribution in [0.1, 0.15) is 26.7 Å². The highest BCUT2D eigenvalue weighted by atomic mass is 31.2. The van der Waals surface area contributed by atoms with E-state index < -0.39 is 12.5 Å². The van der Waals surface area contributed by atoms with E-state index in [1.807, 2.05) is 74.5 Å². The van der Waals surface area contributed by atoms with Crippen molar-refractivity contribution >= 4 is 17.8 Å². The minimum absolute atomic E-state index is 0.463. The maximum atomic E-state index is 13.9. The van der Waals surface area contributed by atoms with Crippen molar-refractivity contribution in [1.29, 1.82) is 0 Å². The van der Waals surface area contributed by atoms with E-state index in [1.165, 1.54) is 0 Å². The third-order valence-corrected chi connectivity index (χ3v) is 7.81. The highest BCUT2D eigenvalue weighted by Gasteiger charge is 2.46. The van der Waals surface area contributed by atoms with Crippen molar-refractivity contribution in [2.45, 2.75) is 32.0 Å². The second kappa shape index (κ2) is 5.95. The monoisotopic (exact) mass is 288 g/mol. The normalized spacial score (nSPS) is 12.3. The van der Waals surface area contributed by atoms with Gasteiger partial charge in [-0.1, -0.05) is 74.5 Å². The molecule has 1 N–H and O–H groups in total. The molecule has 0 amide bonds. The molecule has 0 unspecified atom stereocenters. The molecule has 0 saturated heterocycles. The van der Waals surface area contributed by atoms with Crippen LogP contribution in [0.3, 0.4) is 0 Å². The summed E-state index contributed by atoms with van der Waals surface area (Å²) in [6.45, 7) is 3.78. The van der Waals surface area contributed by atoms with Crippen LogP contribution in [0.5, 0.6) is 0 Å². The predicted molar refractivity (Wildman–Crippen MR) is 85.3 cm³/mol. The van der Waals surface area contributed by atoms with Gasteiger partial charge in [-0.05, 0) is 12.8 Å². The summed E-state index contributed by atoms with van der Waals surface area (Å²) in [7, 11) is -3.09. The van der Waals surface area contributed by atoms with Crippen molar-refractivity contribution < 1.29 is 9.67 Å². The average molecular weight is 288 g/mol. The SMILES string of the molecule is CCC(O)(CC)P(=O)(c1ccccc1)c1ccccc1. The summed E-state index contributed by atoms with van der Waals surface area (Å²) in [6.07, 6.45) is 0.926. The van der Waals surface area contributed by atoms with Crippen molar-refractivity contribution in [3.63, 3.8) is 0 Å². The molecule has 0 saturated carbocycles. The molecular weight excluding hydrogens is 267 g/mol. The van der Waals surface area contributed by atoms with Crippen LogP contribution in [0.4, 0.5) is 0 Å². The summed E-state index contributed by atoms with van der Waals surface area (Å²) < 4.78 is 13.9. The molecule has 0 aliphatic heterocycles. The molecule has 2 rings (SSSR count). The van der Waals surface area contributed by atoms with E-state index in [4.69, 9.17) is 0 Å². The Morgan fingerprint density at radius 1 is 0.850 bits per heavy atom. The van der Waals surface area contributed by atoms with Crippen molar-refractivity contribution in [2.24, 2.45) is 0 Å². The maximum Gasteiger partial charge on any atom is 0.173 e. The first-order valence-corrected chi connectivity index (χ1v) is 8.73. The quantitative estimate of drug-likeness (QED) is 0.855. The van der Waals surface area contributed by atoms with Crippen molar-refractivity contribution in [3.8, 4) is 0 Å². The number of hydrogen-bond donors (Lipinski definition) is 1. The van der Waals surface area contributed by atoms with Gasteiger partial charge in [0.2, 0.25) is 0 Å². The lowest BCUT2D eigenvalue weighted by Gasteiger charge is -2.35. The first-order valence-electron chi connectivity index (χ1n) is 7.02. The summed E-state index contributed by atoms with van der Waals surface area (Å²) >= 11 is 0. The van der Waals surface area contributed by atoms with Gasteiger partial charge >= 0.3 is 0 Å². The number of benzene rings is 2. The summed E-state index contributed by atoms with van der Waals surface area (Å²) in [6, 6.07) is 18.7. The summed E-state index contributed by atoms with van der Waals surface area (Å²) in [4.78, 5) is 0. The Morgan fingerprint density at radius 2 is 1.20 bits per heavy atom. The second-order valence-electron chi connectivity index (χ2n) is 4.97. The van der Waals surface area contributed by atoms with E-state index in [0.717, 1.165) is 10.6 Å². The summed E-state index contributed by atoms with van der Waals surface area (Å²) in [5.74, 6) is 0. The molecule has 0 atom stereocenters. The Hall–Kier alpha value is -1.37. The Labute approximate surface area is 120 Å². The van der Waals surface area contributed by atoms with Gasteiger partial charge in [0.25, 0.3) is 0 Å². The molecule has 2 aromatic rings. The molecule has 0 spiro atoms. The summed E-state index contributed by atoms with van der Waals surface area (Å²) in [5, 5.41) is 11.2. The largest absolute Gasteiger partial charge is 0.381 e. The number of rotatable bonds is 5. The third kappa shape index (κ3) is 2.34. The van der Waals surface area contributed by atoms with Crippen LogP contribution < -0.4 is 10.6 Å². The Balaban J connectivity index is 2.71. The minimum Gasteiger partial charge on any atom is -0.381 e. The molecule has 0 bridgehead atoms. The lowest BCUT2D eigenvalue weighted by molar-refractivity contribution is 0.117. The molecule has 3 heteroatoms. The van der Waals surface area contributed by atoms with Crippen LogP contribution in [0.2, 0.25) is 0 Å². The second-order valence-corrected chi connectivity index (χ2v) is 8.05. The average Bonchev–Trinajstić information content (AvgIpc) is 2.54. The van der Waals surface area contributed by atoms with Crippen molar-refractivity contribution in [1.82, 2.24) is 0 Å². The number of aliphatic hydroxyl groups is 1. The van der Waals surface area contributed by atoms with Crippen molar-refractivity contribution in [3.05, 3.63) is 60.7 Å². The first kappa shape index (κ1) is 15.0. The van der Waals surface area contributed by atoms with Crippen LogP contribution in [0.15, 0.2) is 60.7 Å². The van der Waals surface area contributed by atoms with Crippen LogP contribution >= 0.6 is 7.14 Å². The molecule has 2 aromatic carbocycles. The zero-order chi connectivity index (χ0) is 14.6. The summed E-state index contributed by atoms with van der Waals surface area (Å²) in [5.41, 5.74) is 0. The van der Waals surface area contributed by atoms with Gasteiger partial charge in [0.1, 0.15) is 5.34 Å². The van der Waals surface area contributed by atoms with E-state index in [2.05, 4.69) is 0 Å². The highest BCUT2D eigenvalue weighted by molar-refractivity contribution is 7.79. The van der Waals surface area contributed by atoms with E-state index >= 15 is 0 Å². The molecule has 20 heavy (non-hydrogen) atoms. The van der Waals surface area contributed by atoms with E-state index in [0.29, 0.717) is 12.8 Å². The predicted octanol–water partition coefficient (Wildman–Crippen LogP) is 3.51. The lowest BCUT2D eigenvalue weighted by Crippen LogP contribution is -2.37. The third-order valence-electron chi connectivity index (χ3n) is 3.96. The zero-order valence-electron chi connectivity index (χ0n) is 12.0.